The van der Waals surface area contributed by atoms with E-state index in [1.54, 1.807) is 7.11 Å². The maximum Gasteiger partial charge on any atom is 0.157 e. The van der Waals surface area contributed by atoms with Crippen LogP contribution in [0.3, 0.4) is 0 Å². The number of benzene rings is 1. The lowest BCUT2D eigenvalue weighted by Crippen LogP contribution is -2.09. The van der Waals surface area contributed by atoms with Gasteiger partial charge in [0.05, 0.1) is 26.9 Å². The lowest BCUT2D eigenvalue weighted by atomic mass is 10.3. The molecule has 0 unspecified atom stereocenters. The molecule has 1 aliphatic rings. The molecule has 0 bridgehead atoms. The summed E-state index contributed by atoms with van der Waals surface area (Å²) in [5.74, 6) is 1.64. The zero-order chi connectivity index (χ0) is 11.9. The average Bonchev–Trinajstić information content (AvgIpc) is 2.88. The number of methoxy groups -OCH3 is 1. The predicted molar refractivity (Wildman–Crippen MR) is 63.4 cm³/mol. The van der Waals surface area contributed by atoms with Crippen LogP contribution in [0.15, 0.2) is 24.3 Å². The monoisotopic (exact) mass is 238 g/mol. The van der Waals surface area contributed by atoms with Gasteiger partial charge in [0.2, 0.25) is 0 Å². The summed E-state index contributed by atoms with van der Waals surface area (Å²) in [5.41, 5.74) is 0. The van der Waals surface area contributed by atoms with Crippen LogP contribution in [0, 0.1) is 0 Å². The smallest absolute Gasteiger partial charge is 0.157 e. The molecule has 1 aromatic rings. The first kappa shape index (κ1) is 12.2. The molecule has 1 heterocycles. The highest BCUT2D eigenvalue weighted by molar-refractivity contribution is 5.32. The van der Waals surface area contributed by atoms with Crippen LogP contribution in [0.2, 0.25) is 0 Å². The molecule has 4 nitrogen and oxygen atoms in total. The van der Waals surface area contributed by atoms with E-state index in [0.717, 1.165) is 24.3 Å². The highest BCUT2D eigenvalue weighted by Gasteiger charge is 2.14. The maximum atomic E-state index is 5.62. The molecule has 1 aliphatic heterocycles. The lowest BCUT2D eigenvalue weighted by Gasteiger charge is -2.10. The molecule has 0 saturated carbocycles. The highest BCUT2D eigenvalue weighted by atomic mass is 16.7. The van der Waals surface area contributed by atoms with E-state index in [1.807, 2.05) is 24.3 Å². The molecule has 0 aromatic heterocycles. The molecule has 0 atom stereocenters. The Kier molecular flexibility index (Phi) is 4.64. The van der Waals surface area contributed by atoms with Gasteiger partial charge in [-0.15, -0.1) is 0 Å². The third-order valence-corrected chi connectivity index (χ3v) is 2.58. The van der Waals surface area contributed by atoms with Crippen molar-refractivity contribution in [2.75, 3.05) is 26.9 Å². The van der Waals surface area contributed by atoms with Gasteiger partial charge in [0.1, 0.15) is 11.5 Å². The van der Waals surface area contributed by atoms with Gasteiger partial charge in [0.15, 0.2) is 6.29 Å². The molecule has 1 saturated heterocycles. The average molecular weight is 238 g/mol. The van der Waals surface area contributed by atoms with E-state index in [9.17, 15) is 0 Å². The van der Waals surface area contributed by atoms with Crippen LogP contribution in [0.5, 0.6) is 11.5 Å². The molecule has 1 aromatic carbocycles. The predicted octanol–water partition coefficient (Wildman–Crippen LogP) is 2.23. The Bertz CT molecular complexity index is 334. The van der Waals surface area contributed by atoms with Crippen LogP contribution in [-0.2, 0) is 9.47 Å². The van der Waals surface area contributed by atoms with E-state index in [0.29, 0.717) is 19.8 Å². The van der Waals surface area contributed by atoms with Gasteiger partial charge in [0, 0.05) is 12.5 Å². The topological polar surface area (TPSA) is 36.9 Å². The quantitative estimate of drug-likeness (QED) is 0.712. The van der Waals surface area contributed by atoms with E-state index in [-0.39, 0.29) is 6.29 Å². The Morgan fingerprint density at radius 1 is 1.24 bits per heavy atom. The van der Waals surface area contributed by atoms with E-state index in [4.69, 9.17) is 18.9 Å². The van der Waals surface area contributed by atoms with Crippen LogP contribution >= 0.6 is 0 Å². The Hall–Kier alpha value is -1.26. The van der Waals surface area contributed by atoms with Crippen molar-refractivity contribution in [2.24, 2.45) is 0 Å². The standard InChI is InChI=1S/C13H18O4/c1-14-11-4-2-5-12(10-11)15-7-3-6-13-16-8-9-17-13/h2,4-5,10,13H,3,6-9H2,1H3. The van der Waals surface area contributed by atoms with Crippen molar-refractivity contribution in [3.05, 3.63) is 24.3 Å². The normalized spacial score (nSPS) is 16.1. The van der Waals surface area contributed by atoms with Crippen LogP contribution < -0.4 is 9.47 Å². The summed E-state index contributed by atoms with van der Waals surface area (Å²) in [4.78, 5) is 0. The Morgan fingerprint density at radius 2 is 2.00 bits per heavy atom. The molecular weight excluding hydrogens is 220 g/mol. The van der Waals surface area contributed by atoms with E-state index in [2.05, 4.69) is 0 Å². The highest BCUT2D eigenvalue weighted by Crippen LogP contribution is 2.19. The molecule has 1 fully saturated rings. The largest absolute Gasteiger partial charge is 0.497 e. The van der Waals surface area contributed by atoms with Gasteiger partial charge >= 0.3 is 0 Å². The van der Waals surface area contributed by atoms with Crippen LogP contribution in [0.4, 0.5) is 0 Å². The lowest BCUT2D eigenvalue weighted by molar-refractivity contribution is -0.0493. The van der Waals surface area contributed by atoms with Gasteiger partial charge in [-0.25, -0.2) is 0 Å². The first-order valence-electron chi connectivity index (χ1n) is 5.88. The minimum atomic E-state index is -0.0380. The number of rotatable bonds is 6. The van der Waals surface area contributed by atoms with Gasteiger partial charge in [-0.2, -0.15) is 0 Å². The summed E-state index contributed by atoms with van der Waals surface area (Å²) in [6.07, 6.45) is 1.76. The summed E-state index contributed by atoms with van der Waals surface area (Å²) in [6, 6.07) is 7.61. The summed E-state index contributed by atoms with van der Waals surface area (Å²) < 4.78 is 21.4. The SMILES string of the molecule is COc1cccc(OCCCC2OCCO2)c1. The van der Waals surface area contributed by atoms with E-state index < -0.39 is 0 Å². The summed E-state index contributed by atoms with van der Waals surface area (Å²) in [5, 5.41) is 0. The molecular formula is C13H18O4. The zero-order valence-corrected chi connectivity index (χ0v) is 10.1. The zero-order valence-electron chi connectivity index (χ0n) is 10.1. The molecule has 0 aliphatic carbocycles. The third-order valence-electron chi connectivity index (χ3n) is 2.58. The van der Waals surface area contributed by atoms with E-state index in [1.165, 1.54) is 0 Å². The van der Waals surface area contributed by atoms with Gasteiger partial charge in [-0.3, -0.25) is 0 Å². The number of hydrogen-bond acceptors (Lipinski definition) is 4. The molecule has 17 heavy (non-hydrogen) atoms. The second-order valence-corrected chi connectivity index (χ2v) is 3.84. The summed E-state index contributed by atoms with van der Waals surface area (Å²) in [6.45, 7) is 2.08. The van der Waals surface area contributed by atoms with Gasteiger partial charge < -0.3 is 18.9 Å². The number of hydrogen-bond donors (Lipinski definition) is 0. The molecule has 0 radical (unpaired) electrons. The third kappa shape index (κ3) is 3.91. The van der Waals surface area contributed by atoms with Crippen LogP contribution in [0.25, 0.3) is 0 Å². The van der Waals surface area contributed by atoms with Gasteiger partial charge in [0.25, 0.3) is 0 Å². The van der Waals surface area contributed by atoms with Crippen molar-refractivity contribution in [2.45, 2.75) is 19.1 Å². The van der Waals surface area contributed by atoms with Crippen molar-refractivity contribution in [1.82, 2.24) is 0 Å². The summed E-state index contributed by atoms with van der Waals surface area (Å²) in [7, 11) is 1.65. The Labute approximate surface area is 101 Å². The first-order valence-corrected chi connectivity index (χ1v) is 5.88. The molecule has 0 amide bonds. The van der Waals surface area contributed by atoms with Gasteiger partial charge in [-0.05, 0) is 18.6 Å². The van der Waals surface area contributed by atoms with Crippen LogP contribution in [-0.4, -0.2) is 33.2 Å². The van der Waals surface area contributed by atoms with Crippen molar-refractivity contribution < 1.29 is 18.9 Å². The minimum absolute atomic E-state index is 0.0380. The molecule has 0 spiro atoms. The number of ether oxygens (including phenoxy) is 4. The second-order valence-electron chi connectivity index (χ2n) is 3.84. The Balaban J connectivity index is 1.66. The minimum Gasteiger partial charge on any atom is -0.497 e. The fourth-order valence-electron chi connectivity index (χ4n) is 1.70. The van der Waals surface area contributed by atoms with Crippen molar-refractivity contribution in [3.63, 3.8) is 0 Å². The second kappa shape index (κ2) is 6.47. The van der Waals surface area contributed by atoms with Crippen molar-refractivity contribution in [1.29, 1.82) is 0 Å². The molecule has 0 N–H and O–H groups in total. The fraction of sp³-hybridized carbons (Fsp3) is 0.538. The molecule has 4 heteroatoms. The van der Waals surface area contributed by atoms with Crippen molar-refractivity contribution in [3.8, 4) is 11.5 Å². The Morgan fingerprint density at radius 3 is 2.76 bits per heavy atom. The van der Waals surface area contributed by atoms with Gasteiger partial charge in [-0.1, -0.05) is 6.07 Å². The van der Waals surface area contributed by atoms with E-state index >= 15 is 0 Å². The molecule has 94 valence electrons. The van der Waals surface area contributed by atoms with Crippen LogP contribution in [0.1, 0.15) is 12.8 Å². The first-order chi connectivity index (χ1) is 8.38. The summed E-state index contributed by atoms with van der Waals surface area (Å²) >= 11 is 0. The fourth-order valence-corrected chi connectivity index (χ4v) is 1.70. The van der Waals surface area contributed by atoms with Crippen molar-refractivity contribution >= 4 is 0 Å². The maximum absolute atomic E-state index is 5.62. The molecule has 2 rings (SSSR count).